The van der Waals surface area contributed by atoms with Crippen LogP contribution in [0.3, 0.4) is 0 Å². The third-order valence-corrected chi connectivity index (χ3v) is 2.94. The molecular weight excluding hydrogens is 330 g/mol. The van der Waals surface area contributed by atoms with Gasteiger partial charge in [-0.05, 0) is 19.1 Å². The topological polar surface area (TPSA) is 75.9 Å². The number of rotatable bonds is 4. The summed E-state index contributed by atoms with van der Waals surface area (Å²) in [6.07, 6.45) is -0.687. The van der Waals surface area contributed by atoms with E-state index >= 15 is 0 Å². The summed E-state index contributed by atoms with van der Waals surface area (Å²) in [6.45, 7) is 0.347. The van der Waals surface area contributed by atoms with Gasteiger partial charge in [-0.1, -0.05) is 6.08 Å². The molecule has 2 aromatic rings. The van der Waals surface area contributed by atoms with Gasteiger partial charge in [0.05, 0.1) is 17.6 Å². The predicted molar refractivity (Wildman–Crippen MR) is 79.4 cm³/mol. The number of nitrogens with one attached hydrogen (secondary N) is 1. The van der Waals surface area contributed by atoms with Gasteiger partial charge in [-0.2, -0.15) is 22.7 Å². The fourth-order valence-corrected chi connectivity index (χ4v) is 1.97. The molecule has 2 heterocycles. The molecule has 0 aromatic carbocycles. The number of aromatic nitrogens is 4. The summed E-state index contributed by atoms with van der Waals surface area (Å²) in [7, 11) is 1.43. The van der Waals surface area contributed by atoms with Crippen LogP contribution in [0.15, 0.2) is 34.2 Å². The Morgan fingerprint density at radius 2 is 2.17 bits per heavy atom. The molecule has 2 rings (SSSR count). The van der Waals surface area contributed by atoms with E-state index < -0.39 is 24.1 Å². The average molecular weight is 343 g/mol. The number of H-pyrrole nitrogens is 1. The van der Waals surface area contributed by atoms with Crippen molar-refractivity contribution in [3.8, 4) is 11.5 Å². The number of halogens is 4. The van der Waals surface area contributed by atoms with Crippen molar-refractivity contribution in [1.82, 2.24) is 19.7 Å². The maximum Gasteiger partial charge on any atom is 0.408 e. The van der Waals surface area contributed by atoms with Crippen molar-refractivity contribution >= 4 is 5.71 Å². The molecule has 2 aromatic heterocycles. The van der Waals surface area contributed by atoms with Crippen molar-refractivity contribution in [1.29, 1.82) is 0 Å². The Hall–Kier alpha value is -2.78. The highest BCUT2D eigenvalue weighted by atomic mass is 19.4. The number of hydrogen-bond donors (Lipinski definition) is 1. The maximum atomic E-state index is 13.0. The average Bonchev–Trinajstić information content (AvgIpc) is 2.89. The quantitative estimate of drug-likeness (QED) is 0.684. The Kier molecular flexibility index (Phi) is 4.96. The highest BCUT2D eigenvalue weighted by Crippen LogP contribution is 2.22. The van der Waals surface area contributed by atoms with Crippen LogP contribution >= 0.6 is 0 Å². The van der Waals surface area contributed by atoms with Gasteiger partial charge in [0, 0.05) is 7.05 Å². The molecule has 0 radical (unpaired) electrons. The molecule has 0 fully saturated rings. The van der Waals surface area contributed by atoms with Crippen molar-refractivity contribution in [2.24, 2.45) is 4.99 Å². The van der Waals surface area contributed by atoms with Gasteiger partial charge in [-0.25, -0.2) is 4.98 Å². The Labute approximate surface area is 133 Å². The summed E-state index contributed by atoms with van der Waals surface area (Å²) < 4.78 is 52.0. The fourth-order valence-electron chi connectivity index (χ4n) is 1.97. The maximum absolute atomic E-state index is 13.0. The van der Waals surface area contributed by atoms with E-state index in [2.05, 4.69) is 20.1 Å². The molecular formula is C14H13F4N5O. The Balaban J connectivity index is 2.59. The number of nitrogens with zero attached hydrogens (tertiary/aromatic N) is 4. The zero-order valence-corrected chi connectivity index (χ0v) is 12.7. The monoisotopic (exact) mass is 343 g/mol. The van der Waals surface area contributed by atoms with E-state index in [1.807, 2.05) is 0 Å². The zero-order valence-electron chi connectivity index (χ0n) is 12.7. The van der Waals surface area contributed by atoms with E-state index in [-0.39, 0.29) is 22.9 Å². The number of allylic oxidation sites excluding steroid dienone is 2. The summed E-state index contributed by atoms with van der Waals surface area (Å²) in [6, 6.07) is 1.30. The minimum Gasteiger partial charge on any atom is -0.303 e. The van der Waals surface area contributed by atoms with Gasteiger partial charge < -0.3 is 4.98 Å². The molecule has 0 bridgehead atoms. The van der Waals surface area contributed by atoms with Crippen LogP contribution in [0.2, 0.25) is 0 Å². The van der Waals surface area contributed by atoms with Crippen molar-refractivity contribution in [3.63, 3.8) is 0 Å². The smallest absolute Gasteiger partial charge is 0.303 e. The Bertz CT molecular complexity index is 848. The summed E-state index contributed by atoms with van der Waals surface area (Å²) >= 11 is 0. The van der Waals surface area contributed by atoms with E-state index in [0.717, 1.165) is 0 Å². The van der Waals surface area contributed by atoms with Gasteiger partial charge in [0.25, 0.3) is 5.56 Å². The number of hydrogen-bond acceptors (Lipinski definition) is 4. The van der Waals surface area contributed by atoms with Crippen LogP contribution in [-0.2, 0) is 6.54 Å². The highest BCUT2D eigenvalue weighted by Gasteiger charge is 2.30. The van der Waals surface area contributed by atoms with Gasteiger partial charge in [0.15, 0.2) is 5.82 Å². The van der Waals surface area contributed by atoms with Crippen molar-refractivity contribution in [2.45, 2.75) is 19.6 Å². The van der Waals surface area contributed by atoms with Crippen LogP contribution in [0.1, 0.15) is 12.6 Å². The summed E-state index contributed by atoms with van der Waals surface area (Å²) in [4.78, 5) is 21.0. The minimum atomic E-state index is -4.50. The van der Waals surface area contributed by atoms with Gasteiger partial charge >= 0.3 is 6.18 Å². The molecule has 0 saturated carbocycles. The van der Waals surface area contributed by atoms with Gasteiger partial charge in [0.1, 0.15) is 12.2 Å². The lowest BCUT2D eigenvalue weighted by molar-refractivity contribution is -0.142. The highest BCUT2D eigenvalue weighted by molar-refractivity contribution is 6.07. The SMILES string of the molecule is C/C=C\C(=NC)c1cc(-c2ncc(F)c(=O)[nH]2)nn1CC(F)(F)F. The normalized spacial score (nSPS) is 13.0. The number of aromatic amines is 1. The molecule has 0 saturated heterocycles. The third-order valence-electron chi connectivity index (χ3n) is 2.94. The van der Waals surface area contributed by atoms with Crippen LogP contribution in [-0.4, -0.2) is 38.7 Å². The molecule has 0 aliphatic heterocycles. The van der Waals surface area contributed by atoms with Crippen molar-refractivity contribution in [3.05, 3.63) is 46.3 Å². The molecule has 6 nitrogen and oxygen atoms in total. The molecule has 1 N–H and O–H groups in total. The van der Waals surface area contributed by atoms with Crippen LogP contribution < -0.4 is 5.56 Å². The minimum absolute atomic E-state index is 0.0306. The van der Waals surface area contributed by atoms with E-state index in [1.165, 1.54) is 19.2 Å². The lowest BCUT2D eigenvalue weighted by atomic mass is 10.2. The first-order valence-electron chi connectivity index (χ1n) is 6.75. The number of alkyl halides is 3. The van der Waals surface area contributed by atoms with Gasteiger partial charge in [-0.3, -0.25) is 14.5 Å². The van der Waals surface area contributed by atoms with Crippen LogP contribution in [0.4, 0.5) is 17.6 Å². The fraction of sp³-hybridized carbons (Fsp3) is 0.286. The lowest BCUT2D eigenvalue weighted by Crippen LogP contribution is -2.22. The van der Waals surface area contributed by atoms with Crippen molar-refractivity contribution in [2.75, 3.05) is 7.05 Å². The molecule has 0 spiro atoms. The van der Waals surface area contributed by atoms with Crippen LogP contribution in [0.5, 0.6) is 0 Å². The van der Waals surface area contributed by atoms with E-state index in [4.69, 9.17) is 0 Å². The second kappa shape index (κ2) is 6.77. The lowest BCUT2D eigenvalue weighted by Gasteiger charge is -2.10. The largest absolute Gasteiger partial charge is 0.408 e. The predicted octanol–water partition coefficient (Wildman–Crippen LogP) is 2.33. The molecule has 0 amide bonds. The second-order valence-corrected chi connectivity index (χ2v) is 4.71. The van der Waals surface area contributed by atoms with E-state index in [9.17, 15) is 22.4 Å². The Morgan fingerprint density at radius 3 is 2.71 bits per heavy atom. The van der Waals surface area contributed by atoms with Crippen LogP contribution in [0, 0.1) is 5.82 Å². The summed E-state index contributed by atoms with van der Waals surface area (Å²) in [5.74, 6) is -1.24. The van der Waals surface area contributed by atoms with Gasteiger partial charge in [0.2, 0.25) is 5.82 Å². The molecule has 24 heavy (non-hydrogen) atoms. The van der Waals surface area contributed by atoms with E-state index in [0.29, 0.717) is 10.9 Å². The molecule has 0 aliphatic rings. The molecule has 128 valence electrons. The first-order valence-corrected chi connectivity index (χ1v) is 6.75. The second-order valence-electron chi connectivity index (χ2n) is 4.71. The third kappa shape index (κ3) is 3.94. The molecule has 0 unspecified atom stereocenters. The van der Waals surface area contributed by atoms with Gasteiger partial charge in [-0.15, -0.1) is 0 Å². The molecule has 0 aliphatic carbocycles. The van der Waals surface area contributed by atoms with Crippen LogP contribution in [0.25, 0.3) is 11.5 Å². The summed E-state index contributed by atoms with van der Waals surface area (Å²) in [5.41, 5.74) is -0.707. The summed E-state index contributed by atoms with van der Waals surface area (Å²) in [5, 5.41) is 3.81. The first-order chi connectivity index (χ1) is 11.2. The number of aliphatic imine (C=N–C) groups is 1. The Morgan fingerprint density at radius 1 is 1.46 bits per heavy atom. The van der Waals surface area contributed by atoms with E-state index in [1.54, 1.807) is 13.0 Å². The van der Waals surface area contributed by atoms with Crippen molar-refractivity contribution < 1.29 is 17.6 Å². The molecule has 0 atom stereocenters. The zero-order chi connectivity index (χ0) is 17.9. The standard InChI is InChI=1S/C14H13F4N5O/c1-3-4-9(19-2)11-5-10(22-23(11)7-14(16,17)18)12-20-6-8(15)13(24)21-12/h3-6H,7H2,1-2H3,(H,20,21,24)/b4-3-,19-9?. The first kappa shape index (κ1) is 17.6. The molecule has 10 heteroatoms.